The van der Waals surface area contributed by atoms with Gasteiger partial charge in [-0.1, -0.05) is 41.6 Å². The zero-order valence-corrected chi connectivity index (χ0v) is 15.8. The molecule has 4 rings (SSSR count). The Hall–Kier alpha value is -2.93. The highest BCUT2D eigenvalue weighted by Crippen LogP contribution is 2.30. The van der Waals surface area contributed by atoms with Crippen molar-refractivity contribution in [3.05, 3.63) is 77.9 Å². The molecule has 4 aromatic rings. The molecule has 0 spiro atoms. The van der Waals surface area contributed by atoms with E-state index in [9.17, 15) is 4.39 Å². The van der Waals surface area contributed by atoms with Gasteiger partial charge in [-0.2, -0.15) is 5.10 Å². The van der Waals surface area contributed by atoms with Crippen LogP contribution in [0.4, 0.5) is 4.39 Å². The number of rotatable bonds is 5. The molecule has 27 heavy (non-hydrogen) atoms. The fourth-order valence-corrected chi connectivity index (χ4v) is 3.67. The Labute approximate surface area is 160 Å². The van der Waals surface area contributed by atoms with E-state index in [1.54, 1.807) is 34.6 Å². The predicted molar refractivity (Wildman–Crippen MR) is 104 cm³/mol. The number of aryl methyl sites for hydroxylation is 2. The van der Waals surface area contributed by atoms with Gasteiger partial charge in [0, 0.05) is 30.2 Å². The predicted octanol–water partition coefficient (Wildman–Crippen LogP) is 4.41. The number of nitrogens with zero attached hydrogens (tertiary/aromatic N) is 5. The highest BCUT2D eigenvalue weighted by molar-refractivity contribution is 7.98. The molecule has 0 unspecified atom stereocenters. The number of halogens is 1. The first kappa shape index (κ1) is 17.5. The minimum absolute atomic E-state index is 0.318. The van der Waals surface area contributed by atoms with E-state index in [2.05, 4.69) is 15.3 Å². The first-order valence-electron chi connectivity index (χ1n) is 8.49. The Morgan fingerprint density at radius 2 is 1.81 bits per heavy atom. The van der Waals surface area contributed by atoms with Crippen molar-refractivity contribution in [3.8, 4) is 17.1 Å². The maximum absolute atomic E-state index is 14.4. The van der Waals surface area contributed by atoms with Crippen molar-refractivity contribution in [3.63, 3.8) is 0 Å². The Kier molecular flexibility index (Phi) is 4.77. The maximum Gasteiger partial charge on any atom is 0.196 e. The summed E-state index contributed by atoms with van der Waals surface area (Å²) in [4.78, 5) is 0. The van der Waals surface area contributed by atoms with Gasteiger partial charge in [-0.3, -0.25) is 9.25 Å². The van der Waals surface area contributed by atoms with Crippen molar-refractivity contribution in [2.75, 3.05) is 0 Å². The number of hydrogen-bond acceptors (Lipinski definition) is 4. The van der Waals surface area contributed by atoms with E-state index in [1.165, 1.54) is 6.07 Å². The highest BCUT2D eigenvalue weighted by Gasteiger charge is 2.18. The van der Waals surface area contributed by atoms with Gasteiger partial charge >= 0.3 is 0 Å². The normalized spacial score (nSPS) is 11.1. The highest BCUT2D eigenvalue weighted by atomic mass is 32.2. The second kappa shape index (κ2) is 7.36. The molecule has 5 nitrogen and oxygen atoms in total. The van der Waals surface area contributed by atoms with Crippen molar-refractivity contribution in [2.45, 2.75) is 17.8 Å². The SMILES string of the molecule is Cc1ccc(-n2c(SCc3cnn(C)c3)nnc2-c2ccccc2F)cc1. The molecule has 0 fully saturated rings. The molecule has 7 heteroatoms. The topological polar surface area (TPSA) is 48.5 Å². The second-order valence-corrected chi connectivity index (χ2v) is 7.21. The average Bonchev–Trinajstić information content (AvgIpc) is 3.27. The summed E-state index contributed by atoms with van der Waals surface area (Å²) in [6.07, 6.45) is 3.80. The minimum atomic E-state index is -0.318. The zero-order chi connectivity index (χ0) is 18.8. The summed E-state index contributed by atoms with van der Waals surface area (Å²) in [5, 5.41) is 13.5. The molecule has 0 amide bonds. The van der Waals surface area contributed by atoms with Crippen molar-refractivity contribution in [2.24, 2.45) is 7.05 Å². The molecule has 2 aromatic heterocycles. The number of aromatic nitrogens is 5. The number of hydrogen-bond donors (Lipinski definition) is 0. The fraction of sp³-hybridized carbons (Fsp3) is 0.150. The van der Waals surface area contributed by atoms with Crippen molar-refractivity contribution in [1.29, 1.82) is 0 Å². The van der Waals surface area contributed by atoms with E-state index >= 15 is 0 Å². The molecule has 0 atom stereocenters. The molecule has 2 heterocycles. The Morgan fingerprint density at radius 1 is 1.04 bits per heavy atom. The van der Waals surface area contributed by atoms with Crippen LogP contribution in [-0.2, 0) is 12.8 Å². The first-order chi connectivity index (χ1) is 13.1. The molecular formula is C20H18FN5S. The van der Waals surface area contributed by atoms with Gasteiger partial charge in [0.25, 0.3) is 0 Å². The molecule has 0 radical (unpaired) electrons. The van der Waals surface area contributed by atoms with Crippen LogP contribution in [0.2, 0.25) is 0 Å². The van der Waals surface area contributed by atoms with Crippen LogP contribution >= 0.6 is 11.8 Å². The molecule has 0 bridgehead atoms. The van der Waals surface area contributed by atoms with Crippen LogP contribution in [0.15, 0.2) is 66.1 Å². The van der Waals surface area contributed by atoms with Gasteiger partial charge in [0.05, 0.1) is 11.8 Å². The lowest BCUT2D eigenvalue weighted by Gasteiger charge is -2.11. The van der Waals surface area contributed by atoms with Crippen LogP contribution in [0.1, 0.15) is 11.1 Å². The second-order valence-electron chi connectivity index (χ2n) is 6.27. The van der Waals surface area contributed by atoms with Crippen molar-refractivity contribution >= 4 is 11.8 Å². The van der Waals surface area contributed by atoms with Crippen LogP contribution < -0.4 is 0 Å². The molecule has 0 N–H and O–H groups in total. The Balaban J connectivity index is 1.77. The number of benzene rings is 2. The molecule has 136 valence electrons. The summed E-state index contributed by atoms with van der Waals surface area (Å²) in [6.45, 7) is 2.03. The van der Waals surface area contributed by atoms with Crippen LogP contribution in [0.3, 0.4) is 0 Å². The Morgan fingerprint density at radius 3 is 2.52 bits per heavy atom. The first-order valence-corrected chi connectivity index (χ1v) is 9.48. The maximum atomic E-state index is 14.4. The van der Waals surface area contributed by atoms with E-state index in [0.717, 1.165) is 16.8 Å². The van der Waals surface area contributed by atoms with E-state index in [0.29, 0.717) is 22.3 Å². The van der Waals surface area contributed by atoms with Crippen molar-refractivity contribution < 1.29 is 4.39 Å². The smallest absolute Gasteiger partial charge is 0.196 e. The van der Waals surface area contributed by atoms with Gasteiger partial charge in [0.1, 0.15) is 5.82 Å². The number of thioether (sulfide) groups is 1. The van der Waals surface area contributed by atoms with Gasteiger partial charge < -0.3 is 0 Å². The van der Waals surface area contributed by atoms with Gasteiger partial charge in [-0.25, -0.2) is 4.39 Å². The molecule has 0 saturated carbocycles. The lowest BCUT2D eigenvalue weighted by molar-refractivity contribution is 0.629. The third-order valence-corrected chi connectivity index (χ3v) is 5.17. The largest absolute Gasteiger partial charge is 0.276 e. The van der Waals surface area contributed by atoms with E-state index in [1.807, 2.05) is 55.2 Å². The van der Waals surface area contributed by atoms with E-state index < -0.39 is 0 Å². The molecule has 2 aromatic carbocycles. The molecule has 0 aliphatic carbocycles. The summed E-state index contributed by atoms with van der Waals surface area (Å²) < 4.78 is 18.1. The lowest BCUT2D eigenvalue weighted by Crippen LogP contribution is -2.01. The lowest BCUT2D eigenvalue weighted by atomic mass is 10.2. The monoisotopic (exact) mass is 379 g/mol. The third kappa shape index (κ3) is 3.64. The van der Waals surface area contributed by atoms with Gasteiger partial charge in [0.2, 0.25) is 0 Å². The summed E-state index contributed by atoms with van der Waals surface area (Å²) in [6, 6.07) is 14.7. The van der Waals surface area contributed by atoms with Crippen LogP contribution in [0.25, 0.3) is 17.1 Å². The summed E-state index contributed by atoms with van der Waals surface area (Å²) in [5.74, 6) is 0.877. The summed E-state index contributed by atoms with van der Waals surface area (Å²) in [7, 11) is 1.89. The van der Waals surface area contributed by atoms with E-state index in [-0.39, 0.29) is 5.82 Å². The van der Waals surface area contributed by atoms with E-state index in [4.69, 9.17) is 0 Å². The quantitative estimate of drug-likeness (QED) is 0.482. The molecule has 0 aliphatic heterocycles. The van der Waals surface area contributed by atoms with Gasteiger partial charge in [-0.05, 0) is 31.2 Å². The van der Waals surface area contributed by atoms with Crippen molar-refractivity contribution in [1.82, 2.24) is 24.5 Å². The van der Waals surface area contributed by atoms with Crippen LogP contribution in [0, 0.1) is 12.7 Å². The van der Waals surface area contributed by atoms with Gasteiger partial charge in [0.15, 0.2) is 11.0 Å². The van der Waals surface area contributed by atoms with Crippen LogP contribution in [0.5, 0.6) is 0 Å². The minimum Gasteiger partial charge on any atom is -0.276 e. The Bertz CT molecular complexity index is 1070. The van der Waals surface area contributed by atoms with Crippen LogP contribution in [-0.4, -0.2) is 24.5 Å². The molecule has 0 saturated heterocycles. The fourth-order valence-electron chi connectivity index (χ4n) is 2.80. The zero-order valence-electron chi connectivity index (χ0n) is 15.0. The van der Waals surface area contributed by atoms with Gasteiger partial charge in [-0.15, -0.1) is 10.2 Å². The summed E-state index contributed by atoms with van der Waals surface area (Å²) in [5.41, 5.74) is 3.58. The third-order valence-electron chi connectivity index (χ3n) is 4.17. The standard InChI is InChI=1S/C20H18FN5S/c1-14-7-9-16(10-8-14)26-19(17-5-3-4-6-18(17)21)23-24-20(26)27-13-15-11-22-25(2)12-15/h3-12H,13H2,1-2H3. The molecular weight excluding hydrogens is 361 g/mol. The molecule has 0 aliphatic rings. The summed E-state index contributed by atoms with van der Waals surface area (Å²) >= 11 is 1.55. The average molecular weight is 379 g/mol.